The number of thioether (sulfide) groups is 1. The van der Waals surface area contributed by atoms with E-state index in [4.69, 9.17) is 4.74 Å². The summed E-state index contributed by atoms with van der Waals surface area (Å²) >= 11 is 1.58. The molecule has 1 fully saturated rings. The second-order valence-electron chi connectivity index (χ2n) is 9.30. The Morgan fingerprint density at radius 1 is 1.20 bits per heavy atom. The molecule has 0 bridgehead atoms. The van der Waals surface area contributed by atoms with Crippen LogP contribution in [0.15, 0.2) is 34.1 Å². The average Bonchev–Trinajstić information content (AvgIpc) is 2.61. The van der Waals surface area contributed by atoms with E-state index in [-0.39, 0.29) is 23.8 Å². The molecule has 3 atom stereocenters. The molecule has 0 aliphatic heterocycles. The van der Waals surface area contributed by atoms with Gasteiger partial charge in [-0.2, -0.15) is 0 Å². The van der Waals surface area contributed by atoms with E-state index in [1.807, 2.05) is 39.2 Å². The largest absolute Gasteiger partial charge is 0.444 e. The molecule has 1 aromatic carbocycles. The number of rotatable bonds is 7. The van der Waals surface area contributed by atoms with Gasteiger partial charge in [0.2, 0.25) is 0 Å². The molecule has 0 spiro atoms. The molecule has 0 saturated heterocycles. The van der Waals surface area contributed by atoms with Crippen LogP contribution in [0.5, 0.6) is 0 Å². The van der Waals surface area contributed by atoms with Crippen LogP contribution in [-0.4, -0.2) is 50.2 Å². The third kappa shape index (κ3) is 7.78. The van der Waals surface area contributed by atoms with E-state index in [2.05, 4.69) is 24.5 Å². The van der Waals surface area contributed by atoms with Gasteiger partial charge < -0.3 is 15.4 Å². The van der Waals surface area contributed by atoms with Crippen molar-refractivity contribution in [2.24, 2.45) is 5.92 Å². The first-order chi connectivity index (χ1) is 13.9. The van der Waals surface area contributed by atoms with E-state index in [0.717, 1.165) is 17.7 Å². The first-order valence-corrected chi connectivity index (χ1v) is 13.4. The molecule has 1 aliphatic rings. The number of carbonyl (C=O) groups is 1. The van der Waals surface area contributed by atoms with Gasteiger partial charge in [-0.3, -0.25) is 0 Å². The highest BCUT2D eigenvalue weighted by molar-refractivity contribution is 7.98. The predicted octanol–water partition coefficient (Wildman–Crippen LogP) is 4.24. The standard InChI is InChI=1S/C22H36N2O4S2/c1-15(2)23-17-7-12-20(24-21(25)28-22(3,4)5)16(13-17)14-30(26,27)19-10-8-18(29-6)9-11-19/h8-11,15-17,20,23H,7,12-14H2,1-6H3,(H,24,25)/t16-,17+,20+/m1/s1. The predicted molar refractivity (Wildman–Crippen MR) is 123 cm³/mol. The van der Waals surface area contributed by atoms with Crippen LogP contribution < -0.4 is 10.6 Å². The number of hydrogen-bond donors (Lipinski definition) is 2. The highest BCUT2D eigenvalue weighted by Gasteiger charge is 2.36. The fraction of sp³-hybridized carbons (Fsp3) is 0.682. The fourth-order valence-electron chi connectivity index (χ4n) is 3.88. The molecule has 8 heteroatoms. The highest BCUT2D eigenvalue weighted by atomic mass is 32.2. The summed E-state index contributed by atoms with van der Waals surface area (Å²) in [4.78, 5) is 13.7. The Bertz CT molecular complexity index is 801. The van der Waals surface area contributed by atoms with Gasteiger partial charge in [0, 0.05) is 23.0 Å². The molecule has 170 valence electrons. The van der Waals surface area contributed by atoms with Gasteiger partial charge in [0.1, 0.15) is 5.60 Å². The van der Waals surface area contributed by atoms with Crippen molar-refractivity contribution >= 4 is 27.7 Å². The Hall–Kier alpha value is -1.25. The molecule has 6 nitrogen and oxygen atoms in total. The Kier molecular flexibility index (Phi) is 8.65. The molecule has 1 saturated carbocycles. The molecule has 0 unspecified atom stereocenters. The molecule has 0 heterocycles. The zero-order valence-corrected chi connectivity index (χ0v) is 20.5. The molecule has 30 heavy (non-hydrogen) atoms. The average molecular weight is 457 g/mol. The Morgan fingerprint density at radius 2 is 1.83 bits per heavy atom. The summed E-state index contributed by atoms with van der Waals surface area (Å²) in [5.41, 5.74) is -0.596. The van der Waals surface area contributed by atoms with Crippen LogP contribution >= 0.6 is 11.8 Å². The summed E-state index contributed by atoms with van der Waals surface area (Å²) in [7, 11) is -3.47. The zero-order valence-electron chi connectivity index (χ0n) is 18.9. The SMILES string of the molecule is CSc1ccc(S(=O)(=O)C[C@H]2C[C@@H](NC(C)C)CC[C@@H]2NC(=O)OC(C)(C)C)cc1. The number of benzene rings is 1. The quantitative estimate of drug-likeness (QED) is 0.597. The van der Waals surface area contributed by atoms with Crippen molar-refractivity contribution in [3.63, 3.8) is 0 Å². The second-order valence-corrected chi connectivity index (χ2v) is 12.2. The summed E-state index contributed by atoms with van der Waals surface area (Å²) in [6, 6.07) is 7.33. The third-order valence-electron chi connectivity index (χ3n) is 5.11. The monoisotopic (exact) mass is 456 g/mol. The summed E-state index contributed by atoms with van der Waals surface area (Å²) < 4.78 is 31.6. The van der Waals surface area contributed by atoms with Crippen molar-refractivity contribution in [2.45, 2.75) is 87.4 Å². The zero-order chi connectivity index (χ0) is 22.5. The van der Waals surface area contributed by atoms with Crippen molar-refractivity contribution in [1.82, 2.24) is 10.6 Å². The number of amides is 1. The van der Waals surface area contributed by atoms with Gasteiger partial charge >= 0.3 is 6.09 Å². The third-order valence-corrected chi connectivity index (χ3v) is 7.71. The van der Waals surface area contributed by atoms with Gasteiger partial charge in [-0.15, -0.1) is 11.8 Å². The number of carbonyl (C=O) groups excluding carboxylic acids is 1. The van der Waals surface area contributed by atoms with Crippen LogP contribution in [-0.2, 0) is 14.6 Å². The van der Waals surface area contributed by atoms with E-state index in [0.29, 0.717) is 17.4 Å². The van der Waals surface area contributed by atoms with Gasteiger partial charge in [0.25, 0.3) is 0 Å². The van der Waals surface area contributed by atoms with Gasteiger partial charge in [-0.05, 0) is 76.5 Å². The lowest BCUT2D eigenvalue weighted by Crippen LogP contribution is -2.51. The van der Waals surface area contributed by atoms with Crippen molar-refractivity contribution in [2.75, 3.05) is 12.0 Å². The van der Waals surface area contributed by atoms with Crippen molar-refractivity contribution in [3.05, 3.63) is 24.3 Å². The van der Waals surface area contributed by atoms with Gasteiger partial charge in [-0.1, -0.05) is 13.8 Å². The highest BCUT2D eigenvalue weighted by Crippen LogP contribution is 2.29. The second kappa shape index (κ2) is 10.4. The minimum atomic E-state index is -3.47. The summed E-state index contributed by atoms with van der Waals surface area (Å²) in [5.74, 6) is -0.185. The lowest BCUT2D eigenvalue weighted by Gasteiger charge is -2.37. The Labute approximate surface area is 185 Å². The maximum absolute atomic E-state index is 13.1. The van der Waals surface area contributed by atoms with Crippen LogP contribution in [0.4, 0.5) is 4.79 Å². The van der Waals surface area contributed by atoms with E-state index in [9.17, 15) is 13.2 Å². The lowest BCUT2D eigenvalue weighted by atomic mass is 9.82. The topological polar surface area (TPSA) is 84.5 Å². The van der Waals surface area contributed by atoms with Gasteiger partial charge in [0.15, 0.2) is 9.84 Å². The number of hydrogen-bond acceptors (Lipinski definition) is 6. The first kappa shape index (κ1) is 25.0. The maximum Gasteiger partial charge on any atom is 0.407 e. The van der Waals surface area contributed by atoms with Crippen LogP contribution in [0.1, 0.15) is 53.9 Å². The summed E-state index contributed by atoms with van der Waals surface area (Å²) in [6.45, 7) is 9.62. The molecular formula is C22H36N2O4S2. The molecule has 1 aliphatic carbocycles. The fourth-order valence-corrected chi connectivity index (χ4v) is 5.96. The number of ether oxygens (including phenoxy) is 1. The van der Waals surface area contributed by atoms with Crippen LogP contribution in [0.3, 0.4) is 0 Å². The first-order valence-electron chi connectivity index (χ1n) is 10.5. The van der Waals surface area contributed by atoms with Gasteiger partial charge in [-0.25, -0.2) is 13.2 Å². The smallest absolute Gasteiger partial charge is 0.407 e. The van der Waals surface area contributed by atoms with Crippen molar-refractivity contribution in [3.8, 4) is 0 Å². The Balaban J connectivity index is 2.17. The van der Waals surface area contributed by atoms with Crippen LogP contribution in [0.25, 0.3) is 0 Å². The molecule has 0 aromatic heterocycles. The van der Waals surface area contributed by atoms with Crippen LogP contribution in [0, 0.1) is 5.92 Å². The Morgan fingerprint density at radius 3 is 2.37 bits per heavy atom. The minimum Gasteiger partial charge on any atom is -0.444 e. The molecule has 1 amide bonds. The van der Waals surface area contributed by atoms with E-state index < -0.39 is 21.5 Å². The van der Waals surface area contributed by atoms with E-state index in [1.54, 1.807) is 23.9 Å². The minimum absolute atomic E-state index is 0.00234. The molecule has 2 rings (SSSR count). The van der Waals surface area contributed by atoms with Crippen molar-refractivity contribution < 1.29 is 17.9 Å². The molecule has 1 aromatic rings. The maximum atomic E-state index is 13.1. The number of alkyl carbamates (subject to hydrolysis) is 1. The number of sulfone groups is 1. The van der Waals surface area contributed by atoms with Gasteiger partial charge in [0.05, 0.1) is 10.6 Å². The van der Waals surface area contributed by atoms with Crippen LogP contribution in [0.2, 0.25) is 0 Å². The van der Waals surface area contributed by atoms with E-state index >= 15 is 0 Å². The molecular weight excluding hydrogens is 420 g/mol. The lowest BCUT2D eigenvalue weighted by molar-refractivity contribution is 0.0466. The summed E-state index contributed by atoms with van der Waals surface area (Å²) in [6.07, 6.45) is 3.77. The molecule has 2 N–H and O–H groups in total. The normalized spacial score (nSPS) is 22.7. The van der Waals surface area contributed by atoms with E-state index in [1.165, 1.54) is 0 Å². The molecule has 0 radical (unpaired) electrons. The summed E-state index contributed by atoms with van der Waals surface area (Å²) in [5, 5.41) is 6.46. The number of nitrogens with one attached hydrogen (secondary N) is 2. The van der Waals surface area contributed by atoms with Crippen molar-refractivity contribution in [1.29, 1.82) is 0 Å².